The summed E-state index contributed by atoms with van der Waals surface area (Å²) in [6, 6.07) is 5.49. The van der Waals surface area contributed by atoms with E-state index < -0.39 is 35.5 Å². The summed E-state index contributed by atoms with van der Waals surface area (Å²) < 4.78 is 41.0. The number of carboxylic acid groups (broad SMARTS) is 1. The Morgan fingerprint density at radius 3 is 2.47 bits per heavy atom. The molecule has 2 heterocycles. The molecule has 11 heteroatoms. The Kier molecular flexibility index (Phi) is 6.19. The molecule has 0 saturated carbocycles. The fourth-order valence-corrected chi connectivity index (χ4v) is 3.61. The largest absolute Gasteiger partial charge is 0.476 e. The number of fused-ring (bicyclic) bond motifs is 1. The lowest BCUT2D eigenvalue weighted by Crippen LogP contribution is -2.29. The monoisotopic (exact) mass is 468 g/mol. The first kappa shape index (κ1) is 23.5. The van der Waals surface area contributed by atoms with Gasteiger partial charge in [-0.3, -0.25) is 9.36 Å². The van der Waals surface area contributed by atoms with E-state index in [1.807, 2.05) is 0 Å². The number of aryl methyl sites for hydroxylation is 1. The maximum Gasteiger partial charge on any atom is 0.398 e. The average molecular weight is 469 g/mol. The number of nitrogens with zero attached hydrogens (tertiary/aromatic N) is 3. The van der Waals surface area contributed by atoms with Crippen molar-refractivity contribution >= 4 is 34.2 Å². The lowest BCUT2D eigenvalue weighted by molar-refractivity contribution is -0.148. The van der Waals surface area contributed by atoms with E-state index in [1.54, 1.807) is 26.0 Å². The van der Waals surface area contributed by atoms with E-state index in [4.69, 9.17) is 11.6 Å². The SMILES string of the molecule is Cc1cc([C@@H](C)Nc2ccc(Cl)nc2C(=O)O)c2nc([C@H](C)C(F)(F)F)n(C)c(=O)c2c1. The van der Waals surface area contributed by atoms with Crippen LogP contribution in [0.4, 0.5) is 18.9 Å². The fourth-order valence-electron chi connectivity index (χ4n) is 3.46. The first-order chi connectivity index (χ1) is 14.8. The number of hydrogen-bond acceptors (Lipinski definition) is 5. The number of benzene rings is 1. The van der Waals surface area contributed by atoms with E-state index in [-0.39, 0.29) is 27.4 Å². The van der Waals surface area contributed by atoms with Crippen LogP contribution in [0.2, 0.25) is 5.15 Å². The van der Waals surface area contributed by atoms with Crippen LogP contribution < -0.4 is 10.9 Å². The van der Waals surface area contributed by atoms with Crippen LogP contribution in [-0.2, 0) is 7.05 Å². The van der Waals surface area contributed by atoms with E-state index in [2.05, 4.69) is 15.3 Å². The normalized spacial score (nSPS) is 13.8. The second kappa shape index (κ2) is 8.42. The number of hydrogen-bond donors (Lipinski definition) is 2. The molecule has 0 amide bonds. The number of pyridine rings is 1. The van der Waals surface area contributed by atoms with Gasteiger partial charge in [-0.15, -0.1) is 0 Å². The highest BCUT2D eigenvalue weighted by Gasteiger charge is 2.40. The van der Waals surface area contributed by atoms with Gasteiger partial charge in [0.1, 0.15) is 16.9 Å². The number of nitrogens with one attached hydrogen (secondary N) is 1. The molecule has 170 valence electrons. The summed E-state index contributed by atoms with van der Waals surface area (Å²) in [5.41, 5.74) is 0.513. The van der Waals surface area contributed by atoms with Gasteiger partial charge in [-0.05, 0) is 44.5 Å². The maximum absolute atomic E-state index is 13.4. The van der Waals surface area contributed by atoms with Gasteiger partial charge in [0.05, 0.1) is 22.6 Å². The van der Waals surface area contributed by atoms with Gasteiger partial charge in [-0.25, -0.2) is 14.8 Å². The summed E-state index contributed by atoms with van der Waals surface area (Å²) in [5.74, 6) is -3.67. The minimum atomic E-state index is -4.58. The lowest BCUT2D eigenvalue weighted by Gasteiger charge is -2.22. The highest BCUT2D eigenvalue weighted by atomic mass is 35.5. The second-order valence-corrected chi connectivity index (χ2v) is 7.94. The number of rotatable bonds is 5. The number of carbonyl (C=O) groups is 1. The molecule has 2 N–H and O–H groups in total. The number of halogens is 4. The van der Waals surface area contributed by atoms with Crippen molar-refractivity contribution in [2.45, 2.75) is 38.9 Å². The van der Waals surface area contributed by atoms with Gasteiger partial charge in [0, 0.05) is 12.6 Å². The molecule has 0 spiro atoms. The highest BCUT2D eigenvalue weighted by Crippen LogP contribution is 2.34. The zero-order valence-electron chi connectivity index (χ0n) is 17.6. The smallest absolute Gasteiger partial charge is 0.398 e. The molecule has 7 nitrogen and oxygen atoms in total. The first-order valence-electron chi connectivity index (χ1n) is 9.55. The molecule has 0 aliphatic carbocycles. The fraction of sp³-hybridized carbons (Fsp3) is 0.333. The quantitative estimate of drug-likeness (QED) is 0.521. The maximum atomic E-state index is 13.4. The van der Waals surface area contributed by atoms with Crippen molar-refractivity contribution in [2.75, 3.05) is 5.32 Å². The Balaban J connectivity index is 2.19. The van der Waals surface area contributed by atoms with Crippen LogP contribution in [0.5, 0.6) is 0 Å². The Hall–Kier alpha value is -3.14. The van der Waals surface area contributed by atoms with Crippen LogP contribution in [0, 0.1) is 6.92 Å². The highest BCUT2D eigenvalue weighted by molar-refractivity contribution is 6.29. The summed E-state index contributed by atoms with van der Waals surface area (Å²) in [6.07, 6.45) is -4.58. The summed E-state index contributed by atoms with van der Waals surface area (Å²) in [4.78, 5) is 32.4. The van der Waals surface area contributed by atoms with E-state index in [0.717, 1.165) is 11.5 Å². The summed E-state index contributed by atoms with van der Waals surface area (Å²) >= 11 is 5.79. The predicted octanol–water partition coefficient (Wildman–Crippen LogP) is 4.83. The zero-order chi connectivity index (χ0) is 24.0. The molecular weight excluding hydrogens is 449 g/mol. The third-order valence-electron chi connectivity index (χ3n) is 5.17. The van der Waals surface area contributed by atoms with Crippen LogP contribution in [0.3, 0.4) is 0 Å². The summed E-state index contributed by atoms with van der Waals surface area (Å²) in [6.45, 7) is 4.37. The Morgan fingerprint density at radius 1 is 1.22 bits per heavy atom. The van der Waals surface area contributed by atoms with Crippen molar-refractivity contribution in [1.29, 1.82) is 0 Å². The molecule has 0 saturated heterocycles. The standard InChI is InChI=1S/C21H20ClF3N4O3/c1-9-7-12(11(3)26-14-5-6-15(22)27-17(14)20(31)32)16-13(8-9)19(30)29(4)18(28-16)10(2)21(23,24)25/h5-8,10-11,26H,1-4H3,(H,31,32)/t10-,11+/m0/s1. The van der Waals surface area contributed by atoms with E-state index >= 15 is 0 Å². The molecule has 0 unspecified atom stereocenters. The third-order valence-corrected chi connectivity index (χ3v) is 5.38. The molecule has 2 atom stereocenters. The average Bonchev–Trinajstić information content (AvgIpc) is 2.70. The van der Waals surface area contributed by atoms with Gasteiger partial charge in [0.15, 0.2) is 5.69 Å². The van der Waals surface area contributed by atoms with Crippen molar-refractivity contribution in [3.63, 3.8) is 0 Å². The van der Waals surface area contributed by atoms with Crippen molar-refractivity contribution < 1.29 is 23.1 Å². The van der Waals surface area contributed by atoms with Crippen molar-refractivity contribution in [3.05, 3.63) is 62.4 Å². The molecular formula is C21H20ClF3N4O3. The number of aromatic carboxylic acids is 1. The van der Waals surface area contributed by atoms with Crippen molar-refractivity contribution in [3.8, 4) is 0 Å². The van der Waals surface area contributed by atoms with Crippen LogP contribution >= 0.6 is 11.6 Å². The number of carboxylic acids is 1. The molecule has 3 aromatic rings. The first-order valence-corrected chi connectivity index (χ1v) is 9.93. The van der Waals surface area contributed by atoms with E-state index in [0.29, 0.717) is 11.1 Å². The van der Waals surface area contributed by atoms with Gasteiger partial charge in [0.2, 0.25) is 0 Å². The summed E-state index contributed by atoms with van der Waals surface area (Å²) in [7, 11) is 1.26. The number of alkyl halides is 3. The Bertz CT molecular complexity index is 1270. The number of anilines is 1. The van der Waals surface area contributed by atoms with Crippen LogP contribution in [0.1, 0.15) is 53.2 Å². The minimum Gasteiger partial charge on any atom is -0.476 e. The van der Waals surface area contributed by atoms with Crippen LogP contribution in [0.25, 0.3) is 10.9 Å². The van der Waals surface area contributed by atoms with Gasteiger partial charge < -0.3 is 10.4 Å². The predicted molar refractivity (Wildman–Crippen MR) is 114 cm³/mol. The Morgan fingerprint density at radius 2 is 1.88 bits per heavy atom. The lowest BCUT2D eigenvalue weighted by atomic mass is 10.00. The molecule has 3 rings (SSSR count). The molecule has 1 aromatic carbocycles. The van der Waals surface area contributed by atoms with Crippen molar-refractivity contribution in [2.24, 2.45) is 7.05 Å². The molecule has 0 aliphatic rings. The van der Waals surface area contributed by atoms with Gasteiger partial charge in [0.25, 0.3) is 5.56 Å². The molecule has 0 aliphatic heterocycles. The second-order valence-electron chi connectivity index (χ2n) is 7.55. The third kappa shape index (κ3) is 4.40. The molecule has 32 heavy (non-hydrogen) atoms. The molecule has 0 fully saturated rings. The van der Waals surface area contributed by atoms with Crippen LogP contribution in [-0.4, -0.2) is 31.8 Å². The van der Waals surface area contributed by atoms with Crippen LogP contribution in [0.15, 0.2) is 29.1 Å². The molecule has 2 aromatic heterocycles. The van der Waals surface area contributed by atoms with Gasteiger partial charge >= 0.3 is 12.1 Å². The number of aromatic nitrogens is 3. The Labute approximate surface area is 185 Å². The molecule has 0 bridgehead atoms. The topological polar surface area (TPSA) is 97.1 Å². The van der Waals surface area contributed by atoms with Crippen molar-refractivity contribution in [1.82, 2.24) is 14.5 Å². The zero-order valence-corrected chi connectivity index (χ0v) is 18.3. The van der Waals surface area contributed by atoms with Gasteiger partial charge in [-0.2, -0.15) is 13.2 Å². The summed E-state index contributed by atoms with van der Waals surface area (Å²) in [5, 5.41) is 12.6. The minimum absolute atomic E-state index is 0.00227. The van der Waals surface area contributed by atoms with E-state index in [9.17, 15) is 27.9 Å². The molecule has 0 radical (unpaired) electrons. The van der Waals surface area contributed by atoms with Gasteiger partial charge in [-0.1, -0.05) is 17.7 Å². The van der Waals surface area contributed by atoms with E-state index in [1.165, 1.54) is 19.2 Å².